The summed E-state index contributed by atoms with van der Waals surface area (Å²) >= 11 is 0. The van der Waals surface area contributed by atoms with Crippen molar-refractivity contribution in [2.45, 2.75) is 32.7 Å². The van der Waals surface area contributed by atoms with E-state index in [4.69, 9.17) is 4.42 Å². The van der Waals surface area contributed by atoms with Crippen molar-refractivity contribution in [1.29, 1.82) is 0 Å². The summed E-state index contributed by atoms with van der Waals surface area (Å²) in [5.74, 6) is 0.800. The Hall–Kier alpha value is -1.56. The number of hydrogen-bond acceptors (Lipinski definition) is 4. The Morgan fingerprint density at radius 1 is 1.36 bits per heavy atom. The summed E-state index contributed by atoms with van der Waals surface area (Å²) in [6.45, 7) is 6.63. The highest BCUT2D eigenvalue weighted by atomic mass is 35.5. The Morgan fingerprint density at radius 3 is 2.72 bits per heavy atom. The molecular weight excluding hydrogens is 361 g/mol. The number of carbonyl (C=O) groups is 1. The molecule has 138 valence electrons. The molecule has 1 unspecified atom stereocenters. The number of halogens is 2. The highest BCUT2D eigenvalue weighted by Gasteiger charge is 2.27. The molecule has 1 aliphatic heterocycles. The lowest BCUT2D eigenvalue weighted by molar-refractivity contribution is 0.0691. The van der Waals surface area contributed by atoms with Crippen LogP contribution in [0.25, 0.3) is 11.5 Å². The SMILES string of the molecule is CCCN(C(=O)c1ccc(-c2ccco2)nc1C)C1CCNC1.Cl.Cl. The molecule has 1 amide bonds. The zero-order valence-electron chi connectivity index (χ0n) is 14.5. The first kappa shape index (κ1) is 21.5. The van der Waals surface area contributed by atoms with Gasteiger partial charge in [-0.25, -0.2) is 4.98 Å². The monoisotopic (exact) mass is 385 g/mol. The normalized spacial score (nSPS) is 16.0. The lowest BCUT2D eigenvalue weighted by Gasteiger charge is -2.28. The molecule has 1 saturated heterocycles. The highest BCUT2D eigenvalue weighted by Crippen LogP contribution is 2.21. The summed E-state index contributed by atoms with van der Waals surface area (Å²) in [6.07, 6.45) is 3.60. The van der Waals surface area contributed by atoms with Crippen molar-refractivity contribution in [3.05, 3.63) is 41.8 Å². The molecule has 2 aromatic heterocycles. The van der Waals surface area contributed by atoms with E-state index in [-0.39, 0.29) is 36.8 Å². The fourth-order valence-electron chi connectivity index (χ4n) is 3.10. The van der Waals surface area contributed by atoms with Crippen LogP contribution < -0.4 is 5.32 Å². The maximum Gasteiger partial charge on any atom is 0.255 e. The van der Waals surface area contributed by atoms with Crippen LogP contribution in [0.5, 0.6) is 0 Å². The van der Waals surface area contributed by atoms with Crippen LogP contribution in [0.3, 0.4) is 0 Å². The third kappa shape index (κ3) is 4.75. The maximum atomic E-state index is 13.0. The summed E-state index contributed by atoms with van der Waals surface area (Å²) in [4.78, 5) is 19.5. The molecule has 0 aromatic carbocycles. The van der Waals surface area contributed by atoms with Crippen LogP contribution in [0.2, 0.25) is 0 Å². The minimum absolute atomic E-state index is 0. The minimum atomic E-state index is 0. The largest absolute Gasteiger partial charge is 0.463 e. The predicted octanol–water partition coefficient (Wildman–Crippen LogP) is 3.71. The molecule has 1 N–H and O–H groups in total. The zero-order valence-corrected chi connectivity index (χ0v) is 16.2. The molecule has 25 heavy (non-hydrogen) atoms. The van der Waals surface area contributed by atoms with E-state index in [9.17, 15) is 4.79 Å². The third-order valence-electron chi connectivity index (χ3n) is 4.29. The number of aryl methyl sites for hydroxylation is 1. The minimum Gasteiger partial charge on any atom is -0.463 e. The number of carbonyl (C=O) groups excluding carboxylic acids is 1. The second-order valence-electron chi connectivity index (χ2n) is 5.95. The van der Waals surface area contributed by atoms with E-state index in [2.05, 4.69) is 17.2 Å². The molecule has 3 heterocycles. The molecule has 0 spiro atoms. The standard InChI is InChI=1S/C18H23N3O2.2ClH/c1-3-10-21(14-8-9-19-12-14)18(22)15-6-7-16(20-13(15)2)17-5-4-11-23-17;;/h4-7,11,14,19H,3,8-10,12H2,1-2H3;2*1H. The quantitative estimate of drug-likeness (QED) is 0.851. The average Bonchev–Trinajstić information content (AvgIpc) is 3.25. The molecule has 3 rings (SSSR count). The first-order valence-corrected chi connectivity index (χ1v) is 8.24. The second kappa shape index (κ2) is 9.80. The predicted molar refractivity (Wildman–Crippen MR) is 104 cm³/mol. The summed E-state index contributed by atoms with van der Waals surface area (Å²) < 4.78 is 5.38. The molecule has 0 radical (unpaired) electrons. The van der Waals surface area contributed by atoms with Crippen LogP contribution in [0, 0.1) is 6.92 Å². The highest BCUT2D eigenvalue weighted by molar-refractivity contribution is 5.95. The van der Waals surface area contributed by atoms with Gasteiger partial charge in [0.25, 0.3) is 5.91 Å². The van der Waals surface area contributed by atoms with E-state index in [1.165, 1.54) is 0 Å². The number of furan rings is 1. The maximum absolute atomic E-state index is 13.0. The van der Waals surface area contributed by atoms with Crippen molar-refractivity contribution in [2.75, 3.05) is 19.6 Å². The molecule has 7 heteroatoms. The van der Waals surface area contributed by atoms with Crippen molar-refractivity contribution in [1.82, 2.24) is 15.2 Å². The van der Waals surface area contributed by atoms with Crippen LogP contribution in [0.4, 0.5) is 0 Å². The Balaban J connectivity index is 0.00000156. The Kier molecular flexibility index (Phi) is 8.42. The van der Waals surface area contributed by atoms with Gasteiger partial charge in [-0.05, 0) is 50.6 Å². The van der Waals surface area contributed by atoms with Crippen LogP contribution in [-0.2, 0) is 0 Å². The molecule has 0 aliphatic carbocycles. The van der Waals surface area contributed by atoms with Gasteiger partial charge in [0, 0.05) is 19.1 Å². The van der Waals surface area contributed by atoms with Crippen LogP contribution >= 0.6 is 24.8 Å². The molecule has 1 atom stereocenters. The van der Waals surface area contributed by atoms with Gasteiger partial charge < -0.3 is 14.6 Å². The van der Waals surface area contributed by atoms with Gasteiger partial charge in [0.1, 0.15) is 5.69 Å². The van der Waals surface area contributed by atoms with Gasteiger partial charge in [-0.1, -0.05) is 6.92 Å². The van der Waals surface area contributed by atoms with Crippen molar-refractivity contribution in [3.8, 4) is 11.5 Å². The third-order valence-corrected chi connectivity index (χ3v) is 4.29. The first-order chi connectivity index (χ1) is 11.2. The summed E-state index contributed by atoms with van der Waals surface area (Å²) in [5.41, 5.74) is 2.19. The van der Waals surface area contributed by atoms with Crippen molar-refractivity contribution in [3.63, 3.8) is 0 Å². The number of aromatic nitrogens is 1. The van der Waals surface area contributed by atoms with Gasteiger partial charge >= 0.3 is 0 Å². The van der Waals surface area contributed by atoms with Crippen LogP contribution in [-0.4, -0.2) is 41.5 Å². The Labute approximate surface area is 161 Å². The molecule has 2 aromatic rings. The molecule has 5 nitrogen and oxygen atoms in total. The smallest absolute Gasteiger partial charge is 0.255 e. The van der Waals surface area contributed by atoms with E-state index in [1.807, 2.05) is 36.1 Å². The van der Waals surface area contributed by atoms with Crippen LogP contribution in [0.15, 0.2) is 34.9 Å². The van der Waals surface area contributed by atoms with Crippen molar-refractivity contribution in [2.24, 2.45) is 0 Å². The number of amides is 1. The summed E-state index contributed by atoms with van der Waals surface area (Å²) in [7, 11) is 0. The van der Waals surface area contributed by atoms with Crippen molar-refractivity contribution >= 4 is 30.7 Å². The molecular formula is C18H25Cl2N3O2. The van der Waals surface area contributed by atoms with Crippen LogP contribution in [0.1, 0.15) is 35.8 Å². The first-order valence-electron chi connectivity index (χ1n) is 8.24. The number of rotatable bonds is 5. The van der Waals surface area contributed by atoms with Crippen molar-refractivity contribution < 1.29 is 9.21 Å². The van der Waals surface area contributed by atoms with Gasteiger partial charge in [0.15, 0.2) is 5.76 Å². The van der Waals surface area contributed by atoms with Gasteiger partial charge in [-0.3, -0.25) is 4.79 Å². The number of nitrogens with one attached hydrogen (secondary N) is 1. The Bertz CT molecular complexity index is 671. The summed E-state index contributed by atoms with van der Waals surface area (Å²) in [5, 5.41) is 3.34. The van der Waals surface area contributed by atoms with Gasteiger partial charge in [-0.15, -0.1) is 24.8 Å². The topological polar surface area (TPSA) is 58.4 Å². The van der Waals surface area contributed by atoms with E-state index in [1.54, 1.807) is 6.26 Å². The lowest BCUT2D eigenvalue weighted by Crippen LogP contribution is -2.42. The van der Waals surface area contributed by atoms with E-state index >= 15 is 0 Å². The van der Waals surface area contributed by atoms with Gasteiger partial charge in [-0.2, -0.15) is 0 Å². The zero-order chi connectivity index (χ0) is 16.2. The number of hydrogen-bond donors (Lipinski definition) is 1. The second-order valence-corrected chi connectivity index (χ2v) is 5.95. The average molecular weight is 386 g/mol. The van der Waals surface area contributed by atoms with E-state index < -0.39 is 0 Å². The fourth-order valence-corrected chi connectivity index (χ4v) is 3.10. The van der Waals surface area contributed by atoms with E-state index in [0.29, 0.717) is 5.56 Å². The van der Waals surface area contributed by atoms with Gasteiger partial charge in [0.2, 0.25) is 0 Å². The number of nitrogens with zero attached hydrogens (tertiary/aromatic N) is 2. The lowest BCUT2D eigenvalue weighted by atomic mass is 10.1. The molecule has 0 bridgehead atoms. The van der Waals surface area contributed by atoms with E-state index in [0.717, 1.165) is 49.6 Å². The number of pyridine rings is 1. The molecule has 0 saturated carbocycles. The fraction of sp³-hybridized carbons (Fsp3) is 0.444. The summed E-state index contributed by atoms with van der Waals surface area (Å²) in [6, 6.07) is 7.72. The molecule has 1 fully saturated rings. The van der Waals surface area contributed by atoms with Gasteiger partial charge in [0.05, 0.1) is 17.5 Å². The molecule has 1 aliphatic rings. The Morgan fingerprint density at radius 2 is 2.16 bits per heavy atom.